The van der Waals surface area contributed by atoms with Crippen LogP contribution in [0.25, 0.3) is 0 Å². The van der Waals surface area contributed by atoms with E-state index in [0.29, 0.717) is 25.2 Å². The van der Waals surface area contributed by atoms with Crippen LogP contribution < -0.4 is 10.6 Å². The lowest BCUT2D eigenvalue weighted by molar-refractivity contribution is -0.136. The molecule has 0 aromatic heterocycles. The lowest BCUT2D eigenvalue weighted by atomic mass is 10.1. The Hall–Kier alpha value is -2.78. The van der Waals surface area contributed by atoms with E-state index in [2.05, 4.69) is 10.6 Å². The number of carbonyl (C=O) groups is 2. The molecule has 1 aliphatic rings. The largest absolute Gasteiger partial charge is 0.347 e. The minimum absolute atomic E-state index is 0.216. The number of hydrogen-bond acceptors (Lipinski definition) is 4. The van der Waals surface area contributed by atoms with Crippen molar-refractivity contribution in [2.45, 2.75) is 24.2 Å². The average molecular weight is 419 g/mol. The van der Waals surface area contributed by atoms with Gasteiger partial charge in [-0.25, -0.2) is 12.8 Å². The Kier molecular flexibility index (Phi) is 6.60. The number of hydrogen-bond donors (Lipinski definition) is 2. The SMILES string of the molecule is O=C(NCCc1ccc(S(=O)(=O)N2CCCC2)cc1)C(=O)Nc1ccc(F)cc1. The van der Waals surface area contributed by atoms with Gasteiger partial charge in [0.1, 0.15) is 5.82 Å². The third kappa shape index (κ3) is 5.39. The van der Waals surface area contributed by atoms with Crippen molar-refractivity contribution < 1.29 is 22.4 Å². The third-order valence-corrected chi connectivity index (χ3v) is 6.55. The molecule has 0 atom stereocenters. The number of carbonyl (C=O) groups excluding carboxylic acids is 2. The summed E-state index contributed by atoms with van der Waals surface area (Å²) in [5, 5.41) is 4.88. The average Bonchev–Trinajstić information content (AvgIpc) is 3.26. The van der Waals surface area contributed by atoms with E-state index in [1.54, 1.807) is 24.3 Å². The van der Waals surface area contributed by atoms with Crippen molar-refractivity contribution in [3.05, 3.63) is 59.9 Å². The number of benzene rings is 2. The third-order valence-electron chi connectivity index (χ3n) is 4.63. The lowest BCUT2D eigenvalue weighted by Gasteiger charge is -2.15. The topological polar surface area (TPSA) is 95.6 Å². The molecular weight excluding hydrogens is 397 g/mol. The van der Waals surface area contributed by atoms with E-state index in [4.69, 9.17) is 0 Å². The summed E-state index contributed by atoms with van der Waals surface area (Å²) in [6.45, 7) is 1.32. The van der Waals surface area contributed by atoms with E-state index in [1.807, 2.05) is 0 Å². The van der Waals surface area contributed by atoms with Gasteiger partial charge < -0.3 is 10.6 Å². The molecule has 1 saturated heterocycles. The Bertz CT molecular complexity index is 970. The summed E-state index contributed by atoms with van der Waals surface area (Å²) in [5.41, 5.74) is 1.16. The van der Waals surface area contributed by atoms with Crippen LogP contribution in [0.5, 0.6) is 0 Å². The lowest BCUT2D eigenvalue weighted by Crippen LogP contribution is -2.36. The summed E-state index contributed by atoms with van der Waals surface area (Å²) in [4.78, 5) is 23.9. The number of halogens is 1. The molecule has 7 nitrogen and oxygen atoms in total. The standard InChI is InChI=1S/C20H22FN3O4S/c21-16-5-7-17(8-6-16)23-20(26)19(25)22-12-11-15-3-9-18(10-4-15)29(27,28)24-13-1-2-14-24/h3-10H,1-2,11-14H2,(H,22,25)(H,23,26). The minimum atomic E-state index is -3.45. The number of nitrogens with one attached hydrogen (secondary N) is 2. The van der Waals surface area contributed by atoms with Crippen LogP contribution in [-0.2, 0) is 26.0 Å². The first-order valence-electron chi connectivity index (χ1n) is 9.30. The highest BCUT2D eigenvalue weighted by molar-refractivity contribution is 7.89. The van der Waals surface area contributed by atoms with Crippen LogP contribution in [0.15, 0.2) is 53.4 Å². The molecule has 1 aliphatic heterocycles. The van der Waals surface area contributed by atoms with Crippen LogP contribution in [0.3, 0.4) is 0 Å². The molecular formula is C20H22FN3O4S. The summed E-state index contributed by atoms with van der Waals surface area (Å²) >= 11 is 0. The number of sulfonamides is 1. The van der Waals surface area contributed by atoms with Crippen molar-refractivity contribution in [1.29, 1.82) is 0 Å². The molecule has 0 saturated carbocycles. The molecule has 1 heterocycles. The Morgan fingerprint density at radius 2 is 1.55 bits per heavy atom. The Morgan fingerprint density at radius 1 is 0.931 bits per heavy atom. The number of anilines is 1. The van der Waals surface area contributed by atoms with E-state index < -0.39 is 27.7 Å². The van der Waals surface area contributed by atoms with Gasteiger partial charge >= 0.3 is 11.8 Å². The second kappa shape index (κ2) is 9.15. The van der Waals surface area contributed by atoms with Gasteiger partial charge in [-0.15, -0.1) is 0 Å². The molecule has 0 radical (unpaired) electrons. The number of nitrogens with zero attached hydrogens (tertiary/aromatic N) is 1. The monoisotopic (exact) mass is 419 g/mol. The van der Waals surface area contributed by atoms with E-state index in [9.17, 15) is 22.4 Å². The maximum atomic E-state index is 12.9. The molecule has 1 fully saturated rings. The molecule has 29 heavy (non-hydrogen) atoms. The van der Waals surface area contributed by atoms with Gasteiger partial charge in [-0.3, -0.25) is 9.59 Å². The Morgan fingerprint density at radius 3 is 2.17 bits per heavy atom. The first-order valence-corrected chi connectivity index (χ1v) is 10.7. The van der Waals surface area contributed by atoms with E-state index in [0.717, 1.165) is 18.4 Å². The van der Waals surface area contributed by atoms with Crippen molar-refractivity contribution in [3.63, 3.8) is 0 Å². The fourth-order valence-electron chi connectivity index (χ4n) is 3.03. The zero-order valence-electron chi connectivity index (χ0n) is 15.7. The molecule has 0 bridgehead atoms. The second-order valence-electron chi connectivity index (χ2n) is 6.72. The van der Waals surface area contributed by atoms with Gasteiger partial charge in [0, 0.05) is 25.3 Å². The molecule has 0 aliphatic carbocycles. The summed E-state index contributed by atoms with van der Waals surface area (Å²) in [5.74, 6) is -2.09. The second-order valence-corrected chi connectivity index (χ2v) is 8.66. The quantitative estimate of drug-likeness (QED) is 0.699. The fourth-order valence-corrected chi connectivity index (χ4v) is 4.54. The predicted octanol–water partition coefficient (Wildman–Crippen LogP) is 1.91. The van der Waals surface area contributed by atoms with Crippen LogP contribution >= 0.6 is 0 Å². The molecule has 0 spiro atoms. The van der Waals surface area contributed by atoms with Crippen molar-refractivity contribution >= 4 is 27.5 Å². The van der Waals surface area contributed by atoms with Gasteiger partial charge in [0.2, 0.25) is 10.0 Å². The van der Waals surface area contributed by atoms with Crippen LogP contribution in [0.4, 0.5) is 10.1 Å². The van der Waals surface area contributed by atoms with Crippen molar-refractivity contribution in [1.82, 2.24) is 9.62 Å². The summed E-state index contributed by atoms with van der Waals surface area (Å²) < 4.78 is 39.3. The van der Waals surface area contributed by atoms with Crippen LogP contribution in [0.1, 0.15) is 18.4 Å². The molecule has 9 heteroatoms. The predicted molar refractivity (Wildman–Crippen MR) is 106 cm³/mol. The van der Waals surface area contributed by atoms with Crippen molar-refractivity contribution in [2.75, 3.05) is 25.0 Å². The maximum absolute atomic E-state index is 12.9. The van der Waals surface area contributed by atoms with Gasteiger partial charge in [0.25, 0.3) is 0 Å². The van der Waals surface area contributed by atoms with E-state index >= 15 is 0 Å². The number of amides is 2. The highest BCUT2D eigenvalue weighted by Crippen LogP contribution is 2.21. The van der Waals surface area contributed by atoms with Crippen LogP contribution in [0, 0.1) is 5.82 Å². The highest BCUT2D eigenvalue weighted by atomic mass is 32.2. The van der Waals surface area contributed by atoms with E-state index in [1.165, 1.54) is 28.6 Å². The zero-order chi connectivity index (χ0) is 20.9. The normalized spacial score (nSPS) is 14.5. The van der Waals surface area contributed by atoms with Gasteiger partial charge in [-0.1, -0.05) is 12.1 Å². The zero-order valence-corrected chi connectivity index (χ0v) is 16.5. The minimum Gasteiger partial charge on any atom is -0.347 e. The summed E-state index contributed by atoms with van der Waals surface area (Å²) in [6.07, 6.45) is 2.21. The maximum Gasteiger partial charge on any atom is 0.313 e. The molecule has 2 N–H and O–H groups in total. The molecule has 0 unspecified atom stereocenters. The van der Waals surface area contributed by atoms with Crippen LogP contribution in [-0.4, -0.2) is 44.2 Å². The van der Waals surface area contributed by atoms with Crippen molar-refractivity contribution in [2.24, 2.45) is 0 Å². The molecule has 2 amide bonds. The van der Waals surface area contributed by atoms with Gasteiger partial charge in [0.05, 0.1) is 4.90 Å². The van der Waals surface area contributed by atoms with Crippen LogP contribution in [0.2, 0.25) is 0 Å². The fraction of sp³-hybridized carbons (Fsp3) is 0.300. The Labute approximate surface area is 169 Å². The molecule has 2 aromatic rings. The number of rotatable bonds is 6. The summed E-state index contributed by atoms with van der Waals surface area (Å²) in [6, 6.07) is 11.6. The molecule has 3 rings (SSSR count). The summed E-state index contributed by atoms with van der Waals surface area (Å²) in [7, 11) is -3.45. The Balaban J connectivity index is 1.48. The first kappa shape index (κ1) is 20.9. The molecule has 154 valence electrons. The smallest absolute Gasteiger partial charge is 0.313 e. The van der Waals surface area contributed by atoms with E-state index in [-0.39, 0.29) is 11.4 Å². The molecule has 2 aromatic carbocycles. The van der Waals surface area contributed by atoms with Gasteiger partial charge in [0.15, 0.2) is 0 Å². The van der Waals surface area contributed by atoms with Gasteiger partial charge in [-0.2, -0.15) is 4.31 Å². The van der Waals surface area contributed by atoms with Crippen molar-refractivity contribution in [3.8, 4) is 0 Å². The first-order chi connectivity index (χ1) is 13.9. The highest BCUT2D eigenvalue weighted by Gasteiger charge is 2.26. The van der Waals surface area contributed by atoms with Gasteiger partial charge in [-0.05, 0) is 61.2 Å².